The normalized spacial score (nSPS) is 19.6. The van der Waals surface area contributed by atoms with Gasteiger partial charge in [-0.1, -0.05) is 0 Å². The van der Waals surface area contributed by atoms with Crippen molar-refractivity contribution in [2.45, 2.75) is 12.5 Å². The van der Waals surface area contributed by atoms with Crippen molar-refractivity contribution < 1.29 is 4.79 Å². The van der Waals surface area contributed by atoms with Crippen molar-refractivity contribution in [2.75, 3.05) is 24.3 Å². The number of likely N-dealkylation sites (N-methyl/N-ethyl adjacent to an activating group) is 1. The number of carbonyl (C=O) groups excluding carboxylic acids is 1. The van der Waals surface area contributed by atoms with E-state index in [4.69, 9.17) is 5.84 Å². The van der Waals surface area contributed by atoms with E-state index >= 15 is 0 Å². The zero-order valence-electron chi connectivity index (χ0n) is 9.27. The standard InChI is InChI=1S/C9H13BrN6O/c1-16-3-2-5(9(16)17)14-7-6(10)8(15-11)13-4-12-7/h4-5H,2-3,11H2,1H3,(H2,12,13,14,15). The molecule has 8 heteroatoms. The number of hydrogen-bond donors (Lipinski definition) is 3. The molecule has 1 amide bonds. The highest BCUT2D eigenvalue weighted by molar-refractivity contribution is 9.10. The molecule has 2 rings (SSSR count). The van der Waals surface area contributed by atoms with Gasteiger partial charge in [0.25, 0.3) is 0 Å². The van der Waals surface area contributed by atoms with Gasteiger partial charge in [-0.3, -0.25) is 4.79 Å². The monoisotopic (exact) mass is 300 g/mol. The molecule has 1 saturated heterocycles. The highest BCUT2D eigenvalue weighted by Gasteiger charge is 2.29. The first-order valence-electron chi connectivity index (χ1n) is 5.12. The first-order valence-corrected chi connectivity index (χ1v) is 5.91. The molecular weight excluding hydrogens is 288 g/mol. The van der Waals surface area contributed by atoms with Crippen molar-refractivity contribution in [3.63, 3.8) is 0 Å². The van der Waals surface area contributed by atoms with Crippen LogP contribution in [0, 0.1) is 0 Å². The van der Waals surface area contributed by atoms with E-state index in [1.807, 2.05) is 0 Å². The summed E-state index contributed by atoms with van der Waals surface area (Å²) in [4.78, 5) is 21.4. The first kappa shape index (κ1) is 12.1. The highest BCUT2D eigenvalue weighted by atomic mass is 79.9. The third kappa shape index (κ3) is 2.32. The lowest BCUT2D eigenvalue weighted by atomic mass is 10.2. The number of likely N-dealkylation sites (tertiary alicyclic amines) is 1. The maximum absolute atomic E-state index is 11.7. The molecule has 1 atom stereocenters. The third-order valence-electron chi connectivity index (χ3n) is 2.66. The van der Waals surface area contributed by atoms with Crippen LogP contribution in [0.25, 0.3) is 0 Å². The smallest absolute Gasteiger partial charge is 0.244 e. The number of carbonyl (C=O) groups is 1. The minimum atomic E-state index is -0.239. The molecule has 92 valence electrons. The van der Waals surface area contributed by atoms with Crippen LogP contribution in [0.4, 0.5) is 11.6 Å². The van der Waals surface area contributed by atoms with Gasteiger partial charge in [-0.25, -0.2) is 15.8 Å². The number of halogens is 1. The van der Waals surface area contributed by atoms with E-state index in [1.54, 1.807) is 11.9 Å². The molecular formula is C9H13BrN6O. The van der Waals surface area contributed by atoms with Gasteiger partial charge in [-0.15, -0.1) is 0 Å². The zero-order chi connectivity index (χ0) is 12.4. The molecule has 2 heterocycles. The summed E-state index contributed by atoms with van der Waals surface area (Å²) >= 11 is 3.33. The Kier molecular flexibility index (Phi) is 3.43. The molecule has 0 aliphatic carbocycles. The fraction of sp³-hybridized carbons (Fsp3) is 0.444. The van der Waals surface area contributed by atoms with Gasteiger partial charge in [-0.05, 0) is 22.4 Å². The predicted octanol–water partition coefficient (Wildman–Crippen LogP) is 0.167. The third-order valence-corrected chi connectivity index (χ3v) is 3.42. The van der Waals surface area contributed by atoms with E-state index in [2.05, 4.69) is 36.6 Å². The molecule has 0 spiro atoms. The lowest BCUT2D eigenvalue weighted by Gasteiger charge is -2.14. The quantitative estimate of drug-likeness (QED) is 0.544. The summed E-state index contributed by atoms with van der Waals surface area (Å²) in [6.07, 6.45) is 2.14. The van der Waals surface area contributed by atoms with Crippen LogP contribution in [0.5, 0.6) is 0 Å². The number of aromatic nitrogens is 2. The van der Waals surface area contributed by atoms with Crippen molar-refractivity contribution in [1.82, 2.24) is 14.9 Å². The number of nitrogens with two attached hydrogens (primary N) is 1. The van der Waals surface area contributed by atoms with Crippen LogP contribution in [0.1, 0.15) is 6.42 Å². The zero-order valence-corrected chi connectivity index (χ0v) is 10.9. The predicted molar refractivity (Wildman–Crippen MR) is 67.2 cm³/mol. The van der Waals surface area contributed by atoms with Crippen LogP contribution in [0.3, 0.4) is 0 Å². The second-order valence-electron chi connectivity index (χ2n) is 3.77. The van der Waals surface area contributed by atoms with E-state index in [-0.39, 0.29) is 11.9 Å². The molecule has 0 radical (unpaired) electrons. The van der Waals surface area contributed by atoms with Gasteiger partial charge in [0.1, 0.15) is 22.7 Å². The van der Waals surface area contributed by atoms with Crippen LogP contribution >= 0.6 is 15.9 Å². The summed E-state index contributed by atoms with van der Waals surface area (Å²) in [5.41, 5.74) is 2.45. The number of amides is 1. The molecule has 7 nitrogen and oxygen atoms in total. The number of nitrogen functional groups attached to an aromatic ring is 1. The van der Waals surface area contributed by atoms with E-state index in [0.717, 1.165) is 13.0 Å². The number of nitrogens with zero attached hydrogens (tertiary/aromatic N) is 3. The molecule has 0 aromatic carbocycles. The Morgan fingerprint density at radius 1 is 1.53 bits per heavy atom. The van der Waals surface area contributed by atoms with Crippen molar-refractivity contribution in [2.24, 2.45) is 5.84 Å². The molecule has 17 heavy (non-hydrogen) atoms. The van der Waals surface area contributed by atoms with E-state index in [9.17, 15) is 4.79 Å². The minimum absolute atomic E-state index is 0.0674. The summed E-state index contributed by atoms with van der Waals surface area (Å²) in [7, 11) is 1.78. The topological polar surface area (TPSA) is 96.2 Å². The Morgan fingerprint density at radius 2 is 2.24 bits per heavy atom. The molecule has 1 aliphatic rings. The van der Waals surface area contributed by atoms with Gasteiger partial charge in [0, 0.05) is 13.6 Å². The maximum Gasteiger partial charge on any atom is 0.244 e. The van der Waals surface area contributed by atoms with Gasteiger partial charge in [0.05, 0.1) is 0 Å². The average Bonchev–Trinajstić information content (AvgIpc) is 2.64. The minimum Gasteiger partial charge on any atom is -0.357 e. The highest BCUT2D eigenvalue weighted by Crippen LogP contribution is 2.27. The molecule has 1 aromatic heterocycles. The van der Waals surface area contributed by atoms with Crippen LogP contribution < -0.4 is 16.6 Å². The van der Waals surface area contributed by atoms with Crippen LogP contribution in [0.2, 0.25) is 0 Å². The average molecular weight is 301 g/mol. The SMILES string of the molecule is CN1CCC(Nc2ncnc(NN)c2Br)C1=O. The van der Waals surface area contributed by atoms with Crippen molar-refractivity contribution >= 4 is 33.5 Å². The Balaban J connectivity index is 2.17. The second kappa shape index (κ2) is 4.84. The molecule has 1 aromatic rings. The Labute approximate surface area is 107 Å². The van der Waals surface area contributed by atoms with Crippen molar-refractivity contribution in [1.29, 1.82) is 0 Å². The first-order chi connectivity index (χ1) is 8.13. The number of rotatable bonds is 3. The van der Waals surface area contributed by atoms with Crippen LogP contribution in [-0.2, 0) is 4.79 Å². The summed E-state index contributed by atoms with van der Waals surface area (Å²) < 4.78 is 0.616. The summed E-state index contributed by atoms with van der Waals surface area (Å²) in [6, 6.07) is -0.239. The lowest BCUT2D eigenvalue weighted by Crippen LogP contribution is -2.31. The second-order valence-corrected chi connectivity index (χ2v) is 4.57. The van der Waals surface area contributed by atoms with Gasteiger partial charge in [0.15, 0.2) is 5.82 Å². The molecule has 1 fully saturated rings. The Hall–Kier alpha value is -1.41. The van der Waals surface area contributed by atoms with Crippen LogP contribution in [-0.4, -0.2) is 40.4 Å². The van der Waals surface area contributed by atoms with Crippen molar-refractivity contribution in [3.8, 4) is 0 Å². The fourth-order valence-corrected chi connectivity index (χ4v) is 2.13. The summed E-state index contributed by atoms with van der Waals surface area (Å²) in [5, 5.41) is 3.08. The maximum atomic E-state index is 11.7. The van der Waals surface area contributed by atoms with E-state index < -0.39 is 0 Å². The summed E-state index contributed by atoms with van der Waals surface area (Å²) in [5.74, 6) is 6.40. The number of hydrazine groups is 1. The van der Waals surface area contributed by atoms with Gasteiger partial charge >= 0.3 is 0 Å². The number of anilines is 2. The number of hydrogen-bond acceptors (Lipinski definition) is 6. The molecule has 0 saturated carbocycles. The fourth-order valence-electron chi connectivity index (χ4n) is 1.69. The number of nitrogens with one attached hydrogen (secondary N) is 2. The largest absolute Gasteiger partial charge is 0.357 e. The van der Waals surface area contributed by atoms with E-state index in [0.29, 0.717) is 16.1 Å². The Morgan fingerprint density at radius 3 is 2.82 bits per heavy atom. The molecule has 1 unspecified atom stereocenters. The molecule has 4 N–H and O–H groups in total. The molecule has 1 aliphatic heterocycles. The van der Waals surface area contributed by atoms with E-state index in [1.165, 1.54) is 6.33 Å². The lowest BCUT2D eigenvalue weighted by molar-refractivity contribution is -0.127. The van der Waals surface area contributed by atoms with Gasteiger partial charge in [0.2, 0.25) is 5.91 Å². The van der Waals surface area contributed by atoms with Crippen molar-refractivity contribution in [3.05, 3.63) is 10.8 Å². The van der Waals surface area contributed by atoms with Crippen LogP contribution in [0.15, 0.2) is 10.8 Å². The molecule has 0 bridgehead atoms. The Bertz CT molecular complexity index is 439. The van der Waals surface area contributed by atoms with Gasteiger partial charge < -0.3 is 15.6 Å². The summed E-state index contributed by atoms with van der Waals surface area (Å²) in [6.45, 7) is 0.751. The van der Waals surface area contributed by atoms with Gasteiger partial charge in [-0.2, -0.15) is 0 Å².